The first kappa shape index (κ1) is 13.1. The van der Waals surface area contributed by atoms with E-state index in [0.717, 1.165) is 16.3 Å². The van der Waals surface area contributed by atoms with Gasteiger partial charge in [0, 0.05) is 13.8 Å². The highest BCUT2D eigenvalue weighted by Gasteiger charge is 2.12. The summed E-state index contributed by atoms with van der Waals surface area (Å²) in [6, 6.07) is 9.20. The molecule has 4 nitrogen and oxygen atoms in total. The SMILES string of the molecule is CC(=O)Oc1cc2cccc(C)c2cc1OC(C)=O. The molecular formula is C15H14O4. The van der Waals surface area contributed by atoms with Crippen LogP contribution in [0.4, 0.5) is 0 Å². The first-order valence-corrected chi connectivity index (χ1v) is 5.87. The average molecular weight is 258 g/mol. The smallest absolute Gasteiger partial charge is 0.308 e. The molecule has 0 fully saturated rings. The summed E-state index contributed by atoms with van der Waals surface area (Å²) in [5.41, 5.74) is 1.06. The van der Waals surface area contributed by atoms with E-state index in [1.54, 1.807) is 12.1 Å². The Balaban J connectivity index is 2.62. The van der Waals surface area contributed by atoms with Crippen molar-refractivity contribution in [1.29, 1.82) is 0 Å². The molecule has 98 valence electrons. The zero-order valence-electron chi connectivity index (χ0n) is 11.0. The fourth-order valence-electron chi connectivity index (χ4n) is 1.91. The first-order chi connectivity index (χ1) is 8.97. The number of hydrogen-bond acceptors (Lipinski definition) is 4. The standard InChI is InChI=1S/C15H14O4/c1-9-5-4-6-12-7-14(18-10(2)16)15(8-13(9)12)19-11(3)17/h4-8H,1-3H3. The maximum atomic E-state index is 11.1. The molecule has 0 atom stereocenters. The van der Waals surface area contributed by atoms with E-state index in [-0.39, 0.29) is 11.5 Å². The van der Waals surface area contributed by atoms with E-state index in [1.165, 1.54) is 13.8 Å². The van der Waals surface area contributed by atoms with Crippen LogP contribution in [0.2, 0.25) is 0 Å². The van der Waals surface area contributed by atoms with Crippen molar-refractivity contribution in [3.8, 4) is 11.5 Å². The van der Waals surface area contributed by atoms with Crippen LogP contribution in [0.5, 0.6) is 11.5 Å². The van der Waals surface area contributed by atoms with Gasteiger partial charge in [0.1, 0.15) is 0 Å². The number of aryl methyl sites for hydroxylation is 1. The molecule has 2 aromatic rings. The van der Waals surface area contributed by atoms with Crippen LogP contribution in [-0.4, -0.2) is 11.9 Å². The summed E-state index contributed by atoms with van der Waals surface area (Å²) >= 11 is 0. The quantitative estimate of drug-likeness (QED) is 0.613. The molecule has 0 amide bonds. The van der Waals surface area contributed by atoms with Crippen LogP contribution >= 0.6 is 0 Å². The normalized spacial score (nSPS) is 10.3. The van der Waals surface area contributed by atoms with Crippen molar-refractivity contribution in [2.45, 2.75) is 20.8 Å². The van der Waals surface area contributed by atoms with Crippen LogP contribution in [0.1, 0.15) is 19.4 Å². The second kappa shape index (κ2) is 5.10. The third-order valence-electron chi connectivity index (χ3n) is 2.67. The summed E-state index contributed by atoms with van der Waals surface area (Å²) in [7, 11) is 0. The van der Waals surface area contributed by atoms with Crippen LogP contribution in [0.15, 0.2) is 30.3 Å². The van der Waals surface area contributed by atoms with Crippen molar-refractivity contribution < 1.29 is 19.1 Å². The number of benzene rings is 2. The Hall–Kier alpha value is -2.36. The molecular weight excluding hydrogens is 244 g/mol. The molecule has 0 aromatic heterocycles. The van der Waals surface area contributed by atoms with Gasteiger partial charge >= 0.3 is 11.9 Å². The monoisotopic (exact) mass is 258 g/mol. The minimum atomic E-state index is -0.458. The zero-order chi connectivity index (χ0) is 14.0. The predicted octanol–water partition coefficient (Wildman–Crippen LogP) is 3.00. The predicted molar refractivity (Wildman–Crippen MR) is 71.3 cm³/mol. The van der Waals surface area contributed by atoms with Gasteiger partial charge in [-0.25, -0.2) is 0 Å². The maximum Gasteiger partial charge on any atom is 0.308 e. The Morgan fingerprint density at radius 1 is 0.947 bits per heavy atom. The van der Waals surface area contributed by atoms with Gasteiger partial charge in [0.2, 0.25) is 0 Å². The minimum absolute atomic E-state index is 0.251. The molecule has 19 heavy (non-hydrogen) atoms. The number of hydrogen-bond donors (Lipinski definition) is 0. The van der Waals surface area contributed by atoms with Crippen molar-refractivity contribution in [2.75, 3.05) is 0 Å². The van der Waals surface area contributed by atoms with Crippen molar-refractivity contribution in [1.82, 2.24) is 0 Å². The molecule has 0 spiro atoms. The maximum absolute atomic E-state index is 11.1. The highest BCUT2D eigenvalue weighted by atomic mass is 16.6. The molecule has 0 bridgehead atoms. The van der Waals surface area contributed by atoms with E-state index in [4.69, 9.17) is 9.47 Å². The average Bonchev–Trinajstić information content (AvgIpc) is 2.29. The third-order valence-corrected chi connectivity index (χ3v) is 2.67. The van der Waals surface area contributed by atoms with Gasteiger partial charge in [-0.15, -0.1) is 0 Å². The largest absolute Gasteiger partial charge is 0.423 e. The Kier molecular flexibility index (Phi) is 3.51. The van der Waals surface area contributed by atoms with Crippen LogP contribution < -0.4 is 9.47 Å². The van der Waals surface area contributed by atoms with E-state index < -0.39 is 11.9 Å². The molecule has 0 saturated carbocycles. The topological polar surface area (TPSA) is 52.6 Å². The summed E-state index contributed by atoms with van der Waals surface area (Å²) in [6.45, 7) is 4.57. The van der Waals surface area contributed by atoms with Gasteiger partial charge in [0.15, 0.2) is 11.5 Å². The lowest BCUT2D eigenvalue weighted by Crippen LogP contribution is -2.07. The number of esters is 2. The molecule has 0 aliphatic heterocycles. The van der Waals surface area contributed by atoms with E-state index in [0.29, 0.717) is 0 Å². The second-order valence-electron chi connectivity index (χ2n) is 4.28. The highest BCUT2D eigenvalue weighted by Crippen LogP contribution is 2.34. The molecule has 2 rings (SSSR count). The van der Waals surface area contributed by atoms with Crippen molar-refractivity contribution >= 4 is 22.7 Å². The number of ether oxygens (including phenoxy) is 2. The van der Waals surface area contributed by atoms with Crippen LogP contribution in [0.25, 0.3) is 10.8 Å². The van der Waals surface area contributed by atoms with Gasteiger partial charge in [-0.2, -0.15) is 0 Å². The Bertz CT molecular complexity index is 658. The lowest BCUT2D eigenvalue weighted by molar-refractivity contribution is -0.134. The number of carbonyl (C=O) groups excluding carboxylic acids is 2. The summed E-state index contributed by atoms with van der Waals surface area (Å²) in [4.78, 5) is 22.2. The molecule has 0 radical (unpaired) electrons. The minimum Gasteiger partial charge on any atom is -0.423 e. The molecule has 0 aliphatic carbocycles. The Labute approximate surface area is 110 Å². The Morgan fingerprint density at radius 2 is 1.53 bits per heavy atom. The van der Waals surface area contributed by atoms with Gasteiger partial charge in [0.05, 0.1) is 0 Å². The lowest BCUT2D eigenvalue weighted by atomic mass is 10.0. The van der Waals surface area contributed by atoms with Crippen molar-refractivity contribution in [3.05, 3.63) is 35.9 Å². The number of rotatable bonds is 2. The van der Waals surface area contributed by atoms with Crippen LogP contribution in [-0.2, 0) is 9.59 Å². The molecule has 0 heterocycles. The molecule has 0 unspecified atom stereocenters. The Morgan fingerprint density at radius 3 is 2.11 bits per heavy atom. The fourth-order valence-corrected chi connectivity index (χ4v) is 1.91. The number of fused-ring (bicyclic) bond motifs is 1. The summed E-state index contributed by atoms with van der Waals surface area (Å²) in [5, 5.41) is 1.88. The summed E-state index contributed by atoms with van der Waals surface area (Å²) in [5.74, 6) is -0.410. The van der Waals surface area contributed by atoms with Crippen LogP contribution in [0, 0.1) is 6.92 Å². The van der Waals surface area contributed by atoms with Gasteiger partial charge in [0.25, 0.3) is 0 Å². The molecule has 4 heteroatoms. The van der Waals surface area contributed by atoms with Crippen molar-refractivity contribution in [2.24, 2.45) is 0 Å². The molecule has 0 N–H and O–H groups in total. The highest BCUT2D eigenvalue weighted by molar-refractivity contribution is 5.90. The fraction of sp³-hybridized carbons (Fsp3) is 0.200. The second-order valence-corrected chi connectivity index (χ2v) is 4.28. The number of carbonyl (C=O) groups is 2. The first-order valence-electron chi connectivity index (χ1n) is 5.87. The van der Waals surface area contributed by atoms with Gasteiger partial charge in [-0.1, -0.05) is 18.2 Å². The lowest BCUT2D eigenvalue weighted by Gasteiger charge is -2.11. The third kappa shape index (κ3) is 2.91. The molecule has 0 aliphatic rings. The molecule has 2 aromatic carbocycles. The van der Waals surface area contributed by atoms with E-state index >= 15 is 0 Å². The van der Waals surface area contributed by atoms with Crippen molar-refractivity contribution in [3.63, 3.8) is 0 Å². The van der Waals surface area contributed by atoms with Gasteiger partial charge in [-0.05, 0) is 35.4 Å². The van der Waals surface area contributed by atoms with Gasteiger partial charge < -0.3 is 9.47 Å². The van der Waals surface area contributed by atoms with E-state index in [2.05, 4.69) is 0 Å². The zero-order valence-corrected chi connectivity index (χ0v) is 11.0. The summed E-state index contributed by atoms with van der Waals surface area (Å²) in [6.07, 6.45) is 0. The van der Waals surface area contributed by atoms with Gasteiger partial charge in [-0.3, -0.25) is 9.59 Å². The van der Waals surface area contributed by atoms with E-state index in [9.17, 15) is 9.59 Å². The molecule has 0 saturated heterocycles. The van der Waals surface area contributed by atoms with Crippen LogP contribution in [0.3, 0.4) is 0 Å². The summed E-state index contributed by atoms with van der Waals surface area (Å²) < 4.78 is 10.2. The van der Waals surface area contributed by atoms with E-state index in [1.807, 2.05) is 25.1 Å².